The SMILES string of the molecule is CO[C@H]1CC[C@@H](c2cn3c4cc[nH]c(=O)c4c4cc(F)ccc4c3n2)CC1. The number of rotatable bonds is 2. The minimum absolute atomic E-state index is 0.221. The fourth-order valence-electron chi connectivity index (χ4n) is 4.41. The lowest BCUT2D eigenvalue weighted by Gasteiger charge is -2.26. The summed E-state index contributed by atoms with van der Waals surface area (Å²) < 4.78 is 21.4. The van der Waals surface area contributed by atoms with Crippen molar-refractivity contribution in [1.29, 1.82) is 0 Å². The summed E-state index contributed by atoms with van der Waals surface area (Å²) in [6.45, 7) is 0. The molecule has 5 rings (SSSR count). The van der Waals surface area contributed by atoms with Crippen LogP contribution in [0.1, 0.15) is 37.3 Å². The molecule has 138 valence electrons. The molecule has 1 aliphatic carbocycles. The number of hydrogen-bond donors (Lipinski definition) is 1. The van der Waals surface area contributed by atoms with Gasteiger partial charge in [-0.2, -0.15) is 0 Å². The van der Waals surface area contributed by atoms with E-state index in [-0.39, 0.29) is 11.4 Å². The summed E-state index contributed by atoms with van der Waals surface area (Å²) in [6.07, 6.45) is 8.13. The first-order chi connectivity index (χ1) is 13.2. The third-order valence-electron chi connectivity index (χ3n) is 5.84. The summed E-state index contributed by atoms with van der Waals surface area (Å²) in [6, 6.07) is 6.40. The van der Waals surface area contributed by atoms with Gasteiger partial charge >= 0.3 is 0 Å². The van der Waals surface area contributed by atoms with Gasteiger partial charge in [0.05, 0.1) is 22.7 Å². The zero-order valence-corrected chi connectivity index (χ0v) is 15.0. The minimum Gasteiger partial charge on any atom is -0.381 e. The summed E-state index contributed by atoms with van der Waals surface area (Å²) in [4.78, 5) is 20.1. The van der Waals surface area contributed by atoms with Gasteiger partial charge in [-0.25, -0.2) is 9.37 Å². The molecule has 0 amide bonds. The molecular formula is C21H20FN3O2. The maximum absolute atomic E-state index is 13.9. The number of nitrogens with one attached hydrogen (secondary N) is 1. The van der Waals surface area contributed by atoms with Crippen molar-refractivity contribution in [2.24, 2.45) is 0 Å². The molecule has 5 nitrogen and oxygen atoms in total. The van der Waals surface area contributed by atoms with E-state index in [1.165, 1.54) is 12.1 Å². The predicted octanol–water partition coefficient (Wildman–Crippen LogP) is 4.14. The Balaban J connectivity index is 1.77. The highest BCUT2D eigenvalue weighted by Crippen LogP contribution is 2.35. The Bertz CT molecular complexity index is 1220. The number of H-pyrrole nitrogens is 1. The third kappa shape index (κ3) is 2.55. The number of benzene rings is 1. The van der Waals surface area contributed by atoms with Gasteiger partial charge in [0, 0.05) is 36.2 Å². The van der Waals surface area contributed by atoms with Crippen LogP contribution in [0, 0.1) is 5.82 Å². The van der Waals surface area contributed by atoms with Crippen LogP contribution in [0.25, 0.3) is 27.3 Å². The van der Waals surface area contributed by atoms with Gasteiger partial charge in [-0.15, -0.1) is 0 Å². The fourth-order valence-corrected chi connectivity index (χ4v) is 4.41. The number of imidazole rings is 1. The molecule has 1 saturated carbocycles. The molecule has 0 unspecified atom stereocenters. The fraction of sp³-hybridized carbons (Fsp3) is 0.333. The predicted molar refractivity (Wildman–Crippen MR) is 103 cm³/mol. The lowest BCUT2D eigenvalue weighted by molar-refractivity contribution is 0.0655. The van der Waals surface area contributed by atoms with Crippen molar-refractivity contribution in [1.82, 2.24) is 14.4 Å². The Kier molecular flexibility index (Phi) is 3.75. The Morgan fingerprint density at radius 3 is 2.78 bits per heavy atom. The Morgan fingerprint density at radius 2 is 2.00 bits per heavy atom. The van der Waals surface area contributed by atoms with E-state index in [0.717, 1.165) is 47.9 Å². The Hall–Kier alpha value is -2.73. The van der Waals surface area contributed by atoms with Crippen LogP contribution >= 0.6 is 0 Å². The molecule has 3 aromatic heterocycles. The number of fused-ring (bicyclic) bond motifs is 6. The van der Waals surface area contributed by atoms with E-state index >= 15 is 0 Å². The van der Waals surface area contributed by atoms with Crippen LogP contribution in [-0.4, -0.2) is 27.6 Å². The molecule has 0 atom stereocenters. The maximum atomic E-state index is 13.9. The van der Waals surface area contributed by atoms with Crippen LogP contribution in [0.2, 0.25) is 0 Å². The number of pyridine rings is 2. The molecule has 6 heteroatoms. The lowest BCUT2D eigenvalue weighted by Crippen LogP contribution is -2.19. The zero-order chi connectivity index (χ0) is 18.5. The highest BCUT2D eigenvalue weighted by molar-refractivity contribution is 6.11. The molecular weight excluding hydrogens is 345 g/mol. The smallest absolute Gasteiger partial charge is 0.257 e. The summed E-state index contributed by atoms with van der Waals surface area (Å²) in [5.41, 5.74) is 2.33. The van der Waals surface area contributed by atoms with Crippen LogP contribution in [0.3, 0.4) is 0 Å². The normalized spacial score (nSPS) is 20.7. The number of aromatic nitrogens is 3. The van der Waals surface area contributed by atoms with Crippen LogP contribution < -0.4 is 5.56 Å². The average Bonchev–Trinajstić information content (AvgIpc) is 3.13. The van der Waals surface area contributed by atoms with Crippen LogP contribution in [0.15, 0.2) is 41.5 Å². The molecule has 0 radical (unpaired) electrons. The van der Waals surface area contributed by atoms with E-state index in [4.69, 9.17) is 9.72 Å². The summed E-state index contributed by atoms with van der Waals surface area (Å²) in [5, 5.41) is 1.88. The van der Waals surface area contributed by atoms with Crippen molar-refractivity contribution in [3.8, 4) is 0 Å². The van der Waals surface area contributed by atoms with Crippen molar-refractivity contribution in [2.75, 3.05) is 7.11 Å². The van der Waals surface area contributed by atoms with E-state index in [0.29, 0.717) is 22.8 Å². The Labute approximate surface area is 154 Å². The molecule has 3 heterocycles. The molecule has 1 aromatic carbocycles. The van der Waals surface area contributed by atoms with E-state index in [1.807, 2.05) is 16.7 Å². The highest BCUT2D eigenvalue weighted by Gasteiger charge is 2.25. The first kappa shape index (κ1) is 16.4. The van der Waals surface area contributed by atoms with Crippen LogP contribution in [0.5, 0.6) is 0 Å². The first-order valence-electron chi connectivity index (χ1n) is 9.30. The van der Waals surface area contributed by atoms with Gasteiger partial charge in [0.15, 0.2) is 0 Å². The third-order valence-corrected chi connectivity index (χ3v) is 5.84. The summed E-state index contributed by atoms with van der Waals surface area (Å²) >= 11 is 0. The average molecular weight is 365 g/mol. The number of nitrogens with zero attached hydrogens (tertiary/aromatic N) is 2. The number of ether oxygens (including phenoxy) is 1. The van der Waals surface area contributed by atoms with E-state index in [9.17, 15) is 9.18 Å². The Morgan fingerprint density at radius 1 is 1.19 bits per heavy atom. The van der Waals surface area contributed by atoms with Gasteiger partial charge in [0.1, 0.15) is 11.5 Å². The topological polar surface area (TPSA) is 59.4 Å². The second-order valence-electron chi connectivity index (χ2n) is 7.33. The zero-order valence-electron chi connectivity index (χ0n) is 15.0. The minimum atomic E-state index is -0.360. The van der Waals surface area contributed by atoms with Crippen molar-refractivity contribution in [2.45, 2.75) is 37.7 Å². The summed E-state index contributed by atoms with van der Waals surface area (Å²) in [5.74, 6) is 0.0184. The monoisotopic (exact) mass is 365 g/mol. The molecule has 1 fully saturated rings. The molecule has 0 bridgehead atoms. The summed E-state index contributed by atoms with van der Waals surface area (Å²) in [7, 11) is 1.77. The van der Waals surface area contributed by atoms with Gasteiger partial charge in [-0.05, 0) is 49.9 Å². The second kappa shape index (κ2) is 6.16. The van der Waals surface area contributed by atoms with Crippen LogP contribution in [0.4, 0.5) is 4.39 Å². The number of aromatic amines is 1. The van der Waals surface area contributed by atoms with Crippen LogP contribution in [-0.2, 0) is 4.74 Å². The van der Waals surface area contributed by atoms with Crippen molar-refractivity contribution in [3.63, 3.8) is 0 Å². The van der Waals surface area contributed by atoms with Crippen molar-refractivity contribution in [3.05, 3.63) is 58.5 Å². The molecule has 4 aromatic rings. The first-order valence-corrected chi connectivity index (χ1v) is 9.30. The van der Waals surface area contributed by atoms with Gasteiger partial charge < -0.3 is 9.72 Å². The molecule has 1 N–H and O–H groups in total. The standard InChI is InChI=1S/C21H20FN3O2/c1-27-14-5-2-12(3-6-14)17-11-25-18-8-9-23-21(26)19(18)16-10-13(22)4-7-15(16)20(25)24-17/h4,7-12,14H,2-3,5-6H2,1H3,(H,23,26)/t12-,14+. The van der Waals surface area contributed by atoms with E-state index < -0.39 is 0 Å². The van der Waals surface area contributed by atoms with E-state index in [1.54, 1.807) is 19.4 Å². The van der Waals surface area contributed by atoms with Gasteiger partial charge in [-0.1, -0.05) is 0 Å². The van der Waals surface area contributed by atoms with Gasteiger partial charge in [0.25, 0.3) is 5.56 Å². The number of halogens is 1. The molecule has 0 saturated heterocycles. The van der Waals surface area contributed by atoms with E-state index in [2.05, 4.69) is 4.98 Å². The molecule has 1 aliphatic rings. The second-order valence-corrected chi connectivity index (χ2v) is 7.33. The molecule has 0 aliphatic heterocycles. The number of hydrogen-bond acceptors (Lipinski definition) is 3. The van der Waals surface area contributed by atoms with Gasteiger partial charge in [-0.3, -0.25) is 9.20 Å². The van der Waals surface area contributed by atoms with Gasteiger partial charge in [0.2, 0.25) is 0 Å². The number of methoxy groups -OCH3 is 1. The largest absolute Gasteiger partial charge is 0.381 e. The molecule has 0 spiro atoms. The van der Waals surface area contributed by atoms with Crippen molar-refractivity contribution >= 4 is 27.3 Å². The quantitative estimate of drug-likeness (QED) is 0.543. The van der Waals surface area contributed by atoms with Crippen molar-refractivity contribution < 1.29 is 9.13 Å². The maximum Gasteiger partial charge on any atom is 0.257 e. The molecule has 27 heavy (non-hydrogen) atoms. The highest BCUT2D eigenvalue weighted by atomic mass is 19.1. The lowest BCUT2D eigenvalue weighted by atomic mass is 9.85.